The van der Waals surface area contributed by atoms with Gasteiger partial charge in [0.1, 0.15) is 0 Å². The smallest absolute Gasteiger partial charge is 0.0781 e. The van der Waals surface area contributed by atoms with Crippen LogP contribution in [0, 0.1) is 0 Å². The summed E-state index contributed by atoms with van der Waals surface area (Å²) in [5.41, 5.74) is 11.4. The van der Waals surface area contributed by atoms with Gasteiger partial charge in [0.05, 0.1) is 249 Å². The minimum absolute atomic E-state index is 0.00274. The van der Waals surface area contributed by atoms with E-state index in [9.17, 15) is 0 Å². The van der Waals surface area contributed by atoms with Crippen molar-refractivity contribution in [2.75, 3.05) is 218 Å². The third-order valence-corrected chi connectivity index (χ3v) is 8.67. The molecule has 0 aliphatic carbocycles. The summed E-state index contributed by atoms with van der Waals surface area (Å²) in [5.74, 6) is 0. The second-order valence-electron chi connectivity index (χ2n) is 16.2. The fraction of sp³-hybridized carbons (Fsp3) is 1.00. The summed E-state index contributed by atoms with van der Waals surface area (Å²) in [6.45, 7) is 30.0. The van der Waals surface area contributed by atoms with Gasteiger partial charge in [-0.25, -0.2) is 0 Å². The highest BCUT2D eigenvalue weighted by molar-refractivity contribution is 4.58. The molecule has 21 heteroatoms. The quantitative estimate of drug-likeness (QED) is 0.0830. The highest BCUT2D eigenvalue weighted by Gasteiger charge is 2.11. The van der Waals surface area contributed by atoms with E-state index < -0.39 is 0 Å². The van der Waals surface area contributed by atoms with Gasteiger partial charge in [0.15, 0.2) is 0 Å². The number of hydrogen-bond acceptors (Lipinski definition) is 21. The lowest BCUT2D eigenvalue weighted by atomic mass is 10.3. The fourth-order valence-corrected chi connectivity index (χ4v) is 5.07. The molecule has 0 aliphatic rings. The topological polar surface area (TPSA) is 227 Å². The van der Waals surface area contributed by atoms with Gasteiger partial charge in [-0.3, -0.25) is 0 Å². The molecule has 0 saturated carbocycles. The molecule has 7 unspecified atom stereocenters. The van der Waals surface area contributed by atoms with Crippen molar-refractivity contribution in [3.8, 4) is 0 Å². The fourth-order valence-electron chi connectivity index (χ4n) is 5.07. The van der Waals surface area contributed by atoms with Crippen LogP contribution in [0.1, 0.15) is 48.5 Å². The van der Waals surface area contributed by atoms with Crippen LogP contribution in [0.5, 0.6) is 0 Å². The molecule has 0 spiro atoms. The predicted octanol–water partition coefficient (Wildman–Crippen LogP) is 1.94. The normalized spacial score (nSPS) is 15.1. The lowest BCUT2D eigenvalue weighted by Gasteiger charge is -2.20. The van der Waals surface area contributed by atoms with E-state index in [0.29, 0.717) is 218 Å². The largest absolute Gasteiger partial charge is 0.377 e. The standard InChI is InChI=1S/C47H98N2O19/c1-41(48)34-63-37-44(4)67-40-47(7)68-38-45(5)64-33-32-61-29-28-59-25-24-57-21-20-55-17-16-53-13-12-51-9-8-50-10-11-52-14-15-54-18-19-56-22-23-58-26-27-60-30-31-62-36-43(3)66-39-46(6)65-35-42(2)49/h41-47H,8-40,48-49H2,1-7H3. The van der Waals surface area contributed by atoms with Gasteiger partial charge in [-0.2, -0.15) is 0 Å². The minimum Gasteiger partial charge on any atom is -0.377 e. The monoisotopic (exact) mass is 995 g/mol. The van der Waals surface area contributed by atoms with E-state index in [-0.39, 0.29) is 42.6 Å². The Kier molecular flexibility index (Phi) is 53.3. The van der Waals surface area contributed by atoms with Crippen molar-refractivity contribution in [3.05, 3.63) is 0 Å². The molecule has 0 saturated heterocycles. The molecule has 7 atom stereocenters. The summed E-state index contributed by atoms with van der Waals surface area (Å²) in [4.78, 5) is 0. The molecule has 21 nitrogen and oxygen atoms in total. The van der Waals surface area contributed by atoms with Crippen LogP contribution in [0.15, 0.2) is 0 Å². The van der Waals surface area contributed by atoms with Crippen molar-refractivity contribution in [1.29, 1.82) is 0 Å². The van der Waals surface area contributed by atoms with Gasteiger partial charge in [0.25, 0.3) is 0 Å². The zero-order chi connectivity index (χ0) is 49.8. The molecule has 0 fully saturated rings. The summed E-state index contributed by atoms with van der Waals surface area (Å²) in [7, 11) is 0. The van der Waals surface area contributed by atoms with Crippen molar-refractivity contribution in [2.24, 2.45) is 11.5 Å². The molecule has 0 bridgehead atoms. The van der Waals surface area contributed by atoms with Gasteiger partial charge in [-0.1, -0.05) is 0 Å². The molecule has 0 amide bonds. The Bertz CT molecular complexity index is 970. The Balaban J connectivity index is 3.21. The van der Waals surface area contributed by atoms with E-state index in [1.165, 1.54) is 0 Å². The zero-order valence-corrected chi connectivity index (χ0v) is 43.3. The number of ether oxygens (including phenoxy) is 19. The molecule has 0 radical (unpaired) electrons. The Morgan fingerprint density at radius 1 is 0.191 bits per heavy atom. The van der Waals surface area contributed by atoms with Crippen LogP contribution in [0.3, 0.4) is 0 Å². The summed E-state index contributed by atoms with van der Waals surface area (Å²) < 4.78 is 106. The van der Waals surface area contributed by atoms with Crippen molar-refractivity contribution in [3.63, 3.8) is 0 Å². The maximum Gasteiger partial charge on any atom is 0.0781 e. The third-order valence-electron chi connectivity index (χ3n) is 8.67. The summed E-state index contributed by atoms with van der Waals surface area (Å²) in [6, 6.07) is 0.0357. The predicted molar refractivity (Wildman–Crippen MR) is 256 cm³/mol. The first-order chi connectivity index (χ1) is 33.1. The summed E-state index contributed by atoms with van der Waals surface area (Å²) >= 11 is 0. The molecular weight excluding hydrogens is 897 g/mol. The molecule has 0 rings (SSSR count). The first kappa shape index (κ1) is 67.2. The average Bonchev–Trinajstić information content (AvgIpc) is 3.31. The molecule has 0 aliphatic heterocycles. The molecule has 4 N–H and O–H groups in total. The maximum absolute atomic E-state index is 5.82. The highest BCUT2D eigenvalue weighted by atomic mass is 16.6. The van der Waals surface area contributed by atoms with Crippen molar-refractivity contribution >= 4 is 0 Å². The van der Waals surface area contributed by atoms with Crippen LogP contribution in [0.4, 0.5) is 0 Å². The Hall–Kier alpha value is -0.840. The van der Waals surface area contributed by atoms with Crippen LogP contribution in [-0.4, -0.2) is 261 Å². The van der Waals surface area contributed by atoms with E-state index in [1.807, 2.05) is 48.5 Å². The minimum atomic E-state index is -0.0468. The number of hydrogen-bond donors (Lipinski definition) is 2. The number of rotatable bonds is 58. The highest BCUT2D eigenvalue weighted by Crippen LogP contribution is 2.02. The molecule has 0 aromatic heterocycles. The van der Waals surface area contributed by atoms with Crippen LogP contribution < -0.4 is 11.5 Å². The van der Waals surface area contributed by atoms with Crippen molar-refractivity contribution in [1.82, 2.24) is 0 Å². The van der Waals surface area contributed by atoms with Gasteiger partial charge in [-0.15, -0.1) is 0 Å². The maximum atomic E-state index is 5.82. The Morgan fingerprint density at radius 3 is 0.647 bits per heavy atom. The van der Waals surface area contributed by atoms with Gasteiger partial charge in [0.2, 0.25) is 0 Å². The first-order valence-electron chi connectivity index (χ1n) is 24.8. The van der Waals surface area contributed by atoms with E-state index in [0.717, 1.165) is 0 Å². The van der Waals surface area contributed by atoms with Crippen molar-refractivity contribution in [2.45, 2.75) is 91.1 Å². The number of nitrogens with two attached hydrogens (primary N) is 2. The molecule has 68 heavy (non-hydrogen) atoms. The van der Waals surface area contributed by atoms with Gasteiger partial charge in [-0.05, 0) is 48.5 Å². The van der Waals surface area contributed by atoms with Crippen LogP contribution in [0.25, 0.3) is 0 Å². The zero-order valence-electron chi connectivity index (χ0n) is 43.3. The van der Waals surface area contributed by atoms with Crippen LogP contribution in [0.2, 0.25) is 0 Å². The second-order valence-corrected chi connectivity index (χ2v) is 16.2. The SMILES string of the molecule is CC(N)COCC(C)OCC(C)OCC(C)OCCOCCOCCOCCOCCOCCOCCOCCOCCOCCOCCOCCOCCOCC(C)OCC(C)OCC(C)N. The van der Waals surface area contributed by atoms with E-state index in [1.54, 1.807) is 0 Å². The van der Waals surface area contributed by atoms with Crippen LogP contribution in [-0.2, 0) is 90.0 Å². The lowest BCUT2D eigenvalue weighted by Crippen LogP contribution is -2.29. The van der Waals surface area contributed by atoms with E-state index in [4.69, 9.17) is 101 Å². The van der Waals surface area contributed by atoms with Gasteiger partial charge >= 0.3 is 0 Å². The Labute approximate surface area is 409 Å². The molecule has 0 aromatic rings. The van der Waals surface area contributed by atoms with Crippen LogP contribution >= 0.6 is 0 Å². The first-order valence-corrected chi connectivity index (χ1v) is 24.8. The van der Waals surface area contributed by atoms with Crippen molar-refractivity contribution < 1.29 is 90.0 Å². The third kappa shape index (κ3) is 56.1. The average molecular weight is 995 g/mol. The van der Waals surface area contributed by atoms with E-state index in [2.05, 4.69) is 0 Å². The van der Waals surface area contributed by atoms with Gasteiger partial charge in [0, 0.05) is 12.1 Å². The summed E-state index contributed by atoms with van der Waals surface area (Å²) in [5, 5.41) is 0. The molecule has 410 valence electrons. The lowest BCUT2D eigenvalue weighted by molar-refractivity contribution is -0.0856. The Morgan fingerprint density at radius 2 is 0.382 bits per heavy atom. The molecule has 0 aromatic carbocycles. The molecular formula is C47H98N2O19. The van der Waals surface area contributed by atoms with E-state index >= 15 is 0 Å². The molecule has 0 heterocycles. The second kappa shape index (κ2) is 53.9. The summed E-state index contributed by atoms with van der Waals surface area (Å²) in [6.07, 6.45) is -0.132. The van der Waals surface area contributed by atoms with Gasteiger partial charge < -0.3 is 101 Å².